The fourth-order valence-corrected chi connectivity index (χ4v) is 5.09. The van der Waals surface area contributed by atoms with Gasteiger partial charge in [0.05, 0.1) is 34.4 Å². The zero-order valence-corrected chi connectivity index (χ0v) is 19.7. The van der Waals surface area contributed by atoms with Crippen molar-refractivity contribution in [3.8, 4) is 11.8 Å². The average Bonchev–Trinajstić information content (AvgIpc) is 3.19. The number of hydrogen-bond donors (Lipinski definition) is 3. The lowest BCUT2D eigenvalue weighted by Crippen LogP contribution is -2.69. The van der Waals surface area contributed by atoms with Crippen LogP contribution in [0.15, 0.2) is 18.5 Å². The van der Waals surface area contributed by atoms with Crippen LogP contribution in [-0.2, 0) is 0 Å². The Hall–Kier alpha value is -3.60. The lowest BCUT2D eigenvalue weighted by atomic mass is 9.60. The van der Waals surface area contributed by atoms with E-state index < -0.39 is 11.6 Å². The van der Waals surface area contributed by atoms with Crippen LogP contribution in [0, 0.1) is 17.0 Å². The molecule has 1 aliphatic carbocycles. The Morgan fingerprint density at radius 3 is 2.54 bits per heavy atom. The minimum atomic E-state index is -0.947. The number of H-pyrrole nitrogens is 1. The van der Waals surface area contributed by atoms with Gasteiger partial charge in [-0.2, -0.15) is 9.97 Å². The van der Waals surface area contributed by atoms with Crippen molar-refractivity contribution in [3.05, 3.63) is 35.9 Å². The van der Waals surface area contributed by atoms with Crippen molar-refractivity contribution in [3.63, 3.8) is 0 Å². The van der Waals surface area contributed by atoms with E-state index in [0.717, 1.165) is 18.9 Å². The van der Waals surface area contributed by atoms with E-state index in [-0.39, 0.29) is 28.8 Å². The summed E-state index contributed by atoms with van der Waals surface area (Å²) in [5.74, 6) is -0.153. The Morgan fingerprint density at radius 1 is 1.20 bits per heavy atom. The van der Waals surface area contributed by atoms with E-state index in [1.165, 1.54) is 0 Å². The van der Waals surface area contributed by atoms with Gasteiger partial charge in [-0.15, -0.1) is 0 Å². The lowest BCUT2D eigenvalue weighted by Gasteiger charge is -2.60. The van der Waals surface area contributed by atoms with E-state index in [1.807, 2.05) is 18.7 Å². The van der Waals surface area contributed by atoms with Crippen molar-refractivity contribution in [1.82, 2.24) is 24.9 Å². The van der Waals surface area contributed by atoms with Crippen LogP contribution in [-0.4, -0.2) is 51.1 Å². The van der Waals surface area contributed by atoms with Gasteiger partial charge < -0.3 is 25.7 Å². The first-order valence-corrected chi connectivity index (χ1v) is 11.7. The Kier molecular flexibility index (Phi) is 4.82. The molecule has 9 nitrogen and oxygen atoms in total. The van der Waals surface area contributed by atoms with Crippen LogP contribution in [0.5, 0.6) is 11.8 Å². The van der Waals surface area contributed by atoms with E-state index in [2.05, 4.69) is 30.2 Å². The number of nitrogens with zero attached hydrogens (tertiary/aromatic N) is 5. The topological polar surface area (TPSA) is 118 Å². The summed E-state index contributed by atoms with van der Waals surface area (Å²) in [6, 6.07) is 1.32. The highest BCUT2D eigenvalue weighted by atomic mass is 19.2. The summed E-state index contributed by atoms with van der Waals surface area (Å²) in [6.07, 6.45) is 5.18. The smallest absolute Gasteiger partial charge is 0.326 e. The summed E-state index contributed by atoms with van der Waals surface area (Å²) in [6.45, 7) is 5.39. The fourth-order valence-electron chi connectivity index (χ4n) is 5.09. The molecule has 1 atom stereocenters. The molecular formula is C24H26F2N8O. The monoisotopic (exact) mass is 480 g/mol. The minimum Gasteiger partial charge on any atom is -0.421 e. The number of aromatic amines is 1. The predicted molar refractivity (Wildman–Crippen MR) is 129 cm³/mol. The molecule has 11 heteroatoms. The molecule has 0 amide bonds. The van der Waals surface area contributed by atoms with Gasteiger partial charge in [-0.1, -0.05) is 13.8 Å². The highest BCUT2D eigenvalue weighted by Crippen LogP contribution is 2.50. The number of nitrogens with two attached hydrogens (primary N) is 1. The van der Waals surface area contributed by atoms with Crippen LogP contribution in [0.25, 0.3) is 21.9 Å². The van der Waals surface area contributed by atoms with Gasteiger partial charge >= 0.3 is 6.01 Å². The molecule has 1 aromatic carbocycles. The summed E-state index contributed by atoms with van der Waals surface area (Å²) in [7, 11) is 1.65. The van der Waals surface area contributed by atoms with Gasteiger partial charge in [-0.3, -0.25) is 0 Å². The Bertz CT molecular complexity index is 1450. The molecule has 4 aromatic rings. The zero-order valence-electron chi connectivity index (χ0n) is 19.7. The van der Waals surface area contributed by atoms with E-state index in [9.17, 15) is 4.39 Å². The molecule has 0 radical (unpaired) electrons. The maximum absolute atomic E-state index is 15.1. The first kappa shape index (κ1) is 21.9. The first-order chi connectivity index (χ1) is 16.8. The summed E-state index contributed by atoms with van der Waals surface area (Å²) in [4.78, 5) is 22.9. The van der Waals surface area contributed by atoms with Gasteiger partial charge in [0.15, 0.2) is 17.4 Å². The van der Waals surface area contributed by atoms with Crippen LogP contribution in [0.1, 0.15) is 38.4 Å². The van der Waals surface area contributed by atoms with Crippen LogP contribution >= 0.6 is 0 Å². The summed E-state index contributed by atoms with van der Waals surface area (Å²) in [5.41, 5.74) is 7.49. The van der Waals surface area contributed by atoms with E-state index in [0.29, 0.717) is 52.7 Å². The standard InChI is InChI=1S/C24H26F2N8O/c1-11(2)20-29-7-12(8-30-20)35-23-32-21-17(16-18(26)13(25)6-14(28-3)19(16)31-21)22(33-23)34-9-24(10-34)5-4-15(24)27/h6-8,11,15,28H,4-5,9-10,27H2,1-3H3,(H,31,32,33)/t15-/m1/s1. The average molecular weight is 481 g/mol. The molecule has 1 saturated carbocycles. The van der Waals surface area contributed by atoms with Crippen LogP contribution in [0.4, 0.5) is 20.3 Å². The number of fused-ring (bicyclic) bond motifs is 3. The highest BCUT2D eigenvalue weighted by Gasteiger charge is 2.54. The summed E-state index contributed by atoms with van der Waals surface area (Å²) in [5, 5.41) is 3.44. The van der Waals surface area contributed by atoms with Gasteiger partial charge in [0, 0.05) is 43.6 Å². The quantitative estimate of drug-likeness (QED) is 0.391. The van der Waals surface area contributed by atoms with Crippen LogP contribution in [0.2, 0.25) is 0 Å². The molecule has 0 unspecified atom stereocenters. The maximum atomic E-state index is 15.1. The molecule has 4 N–H and O–H groups in total. The number of hydrogen-bond acceptors (Lipinski definition) is 8. The van der Waals surface area contributed by atoms with Gasteiger partial charge in [-0.05, 0) is 12.8 Å². The third-order valence-corrected chi connectivity index (χ3v) is 7.28. The van der Waals surface area contributed by atoms with Crippen molar-refractivity contribution >= 4 is 33.4 Å². The van der Waals surface area contributed by atoms with Crippen LogP contribution < -0.4 is 20.7 Å². The molecule has 35 heavy (non-hydrogen) atoms. The molecule has 4 heterocycles. The van der Waals surface area contributed by atoms with Crippen molar-refractivity contribution in [1.29, 1.82) is 0 Å². The molecule has 2 fully saturated rings. The second kappa shape index (κ2) is 7.70. The zero-order chi connectivity index (χ0) is 24.5. The molecule has 1 spiro atoms. The first-order valence-electron chi connectivity index (χ1n) is 11.7. The van der Waals surface area contributed by atoms with Crippen molar-refractivity contribution in [2.24, 2.45) is 11.1 Å². The number of benzene rings is 1. The van der Waals surface area contributed by atoms with Crippen molar-refractivity contribution in [2.75, 3.05) is 30.4 Å². The summed E-state index contributed by atoms with van der Waals surface area (Å²) >= 11 is 0. The normalized spacial score (nSPS) is 18.8. The van der Waals surface area contributed by atoms with Gasteiger partial charge in [0.2, 0.25) is 0 Å². The molecular weight excluding hydrogens is 454 g/mol. The number of halogens is 2. The van der Waals surface area contributed by atoms with Gasteiger partial charge in [0.1, 0.15) is 17.3 Å². The number of anilines is 2. The molecule has 1 saturated heterocycles. The molecule has 182 valence electrons. The molecule has 0 bridgehead atoms. The maximum Gasteiger partial charge on any atom is 0.326 e. The van der Waals surface area contributed by atoms with E-state index >= 15 is 4.39 Å². The predicted octanol–water partition coefficient (Wildman–Crippen LogP) is 4.06. The van der Waals surface area contributed by atoms with E-state index in [4.69, 9.17) is 10.5 Å². The molecule has 1 aliphatic heterocycles. The Morgan fingerprint density at radius 2 is 1.94 bits per heavy atom. The SMILES string of the molecule is CNc1cc(F)c(F)c2c1[nH]c1nc(Oc3cnc(C(C)C)nc3)nc(N3CC4(CC[C@H]4N)C3)c12. The summed E-state index contributed by atoms with van der Waals surface area (Å²) < 4.78 is 35.5. The third kappa shape index (κ3) is 3.28. The lowest BCUT2D eigenvalue weighted by molar-refractivity contribution is 0.0559. The van der Waals surface area contributed by atoms with Crippen molar-refractivity contribution in [2.45, 2.75) is 38.6 Å². The minimum absolute atomic E-state index is 0.0465. The second-order valence-corrected chi connectivity index (χ2v) is 9.80. The van der Waals surface area contributed by atoms with Crippen molar-refractivity contribution < 1.29 is 13.5 Å². The third-order valence-electron chi connectivity index (χ3n) is 7.28. The Labute approximate surface area is 200 Å². The van der Waals surface area contributed by atoms with Gasteiger partial charge in [-0.25, -0.2) is 18.7 Å². The largest absolute Gasteiger partial charge is 0.421 e. The number of aromatic nitrogens is 5. The van der Waals surface area contributed by atoms with E-state index in [1.54, 1.807) is 19.4 Å². The number of rotatable bonds is 5. The number of ether oxygens (including phenoxy) is 1. The molecule has 2 aliphatic rings. The highest BCUT2D eigenvalue weighted by molar-refractivity contribution is 6.15. The van der Waals surface area contributed by atoms with Crippen LogP contribution in [0.3, 0.4) is 0 Å². The molecule has 3 aromatic heterocycles. The Balaban J connectivity index is 1.49. The second-order valence-electron chi connectivity index (χ2n) is 9.80. The number of nitrogens with one attached hydrogen (secondary N) is 2. The fraction of sp³-hybridized carbons (Fsp3) is 0.417. The van der Waals surface area contributed by atoms with Gasteiger partial charge in [0.25, 0.3) is 0 Å². The molecule has 6 rings (SSSR count).